The minimum Gasteiger partial charge on any atom is -0.387 e. The van der Waals surface area contributed by atoms with Gasteiger partial charge >= 0.3 is 7.82 Å². The smallest absolute Gasteiger partial charge is 0.387 e. The third-order valence-electron chi connectivity index (χ3n) is 14.7. The normalized spacial score (nSPS) is 13.9. The number of carbonyl (C=O) groups is 1. The molecule has 0 aliphatic carbocycles. The van der Waals surface area contributed by atoms with Crippen molar-refractivity contribution in [2.24, 2.45) is 0 Å². The van der Waals surface area contributed by atoms with E-state index in [9.17, 15) is 19.4 Å². The van der Waals surface area contributed by atoms with Gasteiger partial charge in [-0.05, 0) is 44.9 Å². The number of unbranched alkanes of at least 4 members (excludes halogenated alkanes) is 44. The van der Waals surface area contributed by atoms with E-state index in [0.717, 1.165) is 32.1 Å². The van der Waals surface area contributed by atoms with Crippen molar-refractivity contribution < 1.29 is 32.9 Å². The minimum atomic E-state index is -4.35. The number of nitrogens with zero attached hydrogens (tertiary/aromatic N) is 1. The zero-order valence-electron chi connectivity index (χ0n) is 48.9. The van der Waals surface area contributed by atoms with Crippen LogP contribution >= 0.6 is 7.82 Å². The average molecular weight is 1040 g/mol. The summed E-state index contributed by atoms with van der Waals surface area (Å²) in [5.74, 6) is -0.171. The Kier molecular flexibility index (Phi) is 54.0. The summed E-state index contributed by atoms with van der Waals surface area (Å²) in [4.78, 5) is 23.4. The molecule has 3 atom stereocenters. The maximum absolute atomic E-state index is 13.0. The fourth-order valence-electron chi connectivity index (χ4n) is 9.69. The zero-order chi connectivity index (χ0) is 52.7. The van der Waals surface area contributed by atoms with E-state index in [-0.39, 0.29) is 19.1 Å². The molecule has 0 aliphatic rings. The summed E-state index contributed by atoms with van der Waals surface area (Å²) < 4.78 is 23.8. The van der Waals surface area contributed by atoms with Gasteiger partial charge in [0.25, 0.3) is 0 Å². The monoisotopic (exact) mass is 1040 g/mol. The first kappa shape index (κ1) is 71.0. The Labute approximate surface area is 449 Å². The molecule has 9 heteroatoms. The van der Waals surface area contributed by atoms with Crippen LogP contribution in [0.15, 0.2) is 24.3 Å². The summed E-state index contributed by atoms with van der Waals surface area (Å²) in [6, 6.07) is -0.845. The first-order valence-electron chi connectivity index (χ1n) is 31.7. The van der Waals surface area contributed by atoms with Crippen LogP contribution in [0.2, 0.25) is 0 Å². The number of amides is 1. The summed E-state index contributed by atoms with van der Waals surface area (Å²) in [6.07, 6.45) is 70.1. The van der Waals surface area contributed by atoms with Crippen LogP contribution in [0.25, 0.3) is 0 Å². The van der Waals surface area contributed by atoms with Crippen LogP contribution in [0.1, 0.15) is 322 Å². The van der Waals surface area contributed by atoms with Crippen molar-refractivity contribution >= 4 is 13.7 Å². The van der Waals surface area contributed by atoms with E-state index >= 15 is 0 Å². The molecule has 0 heterocycles. The van der Waals surface area contributed by atoms with E-state index in [2.05, 4.69) is 31.3 Å². The van der Waals surface area contributed by atoms with Crippen LogP contribution in [-0.2, 0) is 18.4 Å². The van der Waals surface area contributed by atoms with Gasteiger partial charge in [0, 0.05) is 6.42 Å². The van der Waals surface area contributed by atoms with E-state index in [4.69, 9.17) is 9.05 Å². The van der Waals surface area contributed by atoms with Crippen LogP contribution in [0.5, 0.6) is 0 Å². The second kappa shape index (κ2) is 54.8. The van der Waals surface area contributed by atoms with Crippen molar-refractivity contribution in [2.45, 2.75) is 334 Å². The highest BCUT2D eigenvalue weighted by molar-refractivity contribution is 7.47. The molecule has 0 bridgehead atoms. The van der Waals surface area contributed by atoms with Gasteiger partial charge in [0.15, 0.2) is 0 Å². The predicted molar refractivity (Wildman–Crippen MR) is 314 cm³/mol. The zero-order valence-corrected chi connectivity index (χ0v) is 49.8. The largest absolute Gasteiger partial charge is 0.472 e. The van der Waals surface area contributed by atoms with Gasteiger partial charge in [-0.15, -0.1) is 0 Å². The molecule has 3 unspecified atom stereocenters. The quantitative estimate of drug-likeness (QED) is 0.0243. The summed E-state index contributed by atoms with van der Waals surface area (Å²) in [5.41, 5.74) is 0. The molecule has 1 amide bonds. The first-order valence-corrected chi connectivity index (χ1v) is 33.2. The Hall–Kier alpha value is -1.02. The number of allylic oxidation sites excluding steroid dienone is 3. The number of rotatable bonds is 59. The van der Waals surface area contributed by atoms with Crippen molar-refractivity contribution in [3.63, 3.8) is 0 Å². The fraction of sp³-hybridized carbons (Fsp3) is 0.921. The third-order valence-corrected chi connectivity index (χ3v) is 15.6. The standard InChI is InChI=1S/C63H125N2O6P/c1-6-8-10-12-14-16-18-20-22-24-26-28-30-32-34-36-38-40-42-44-46-48-50-52-54-56-62(66)61(60-71-72(68,69)70-59-58-65(3,4)5)64-63(67)57-55-53-51-49-47-45-43-41-39-37-35-33-31-29-27-25-23-21-19-17-15-13-11-9-7-2/h25,27,54,56,61-62,66H,6-24,26,28-53,55,57-60H2,1-5H3,(H-,64,67,68,69)/p+1/b27-25-,56-54+. The highest BCUT2D eigenvalue weighted by Gasteiger charge is 2.28. The molecule has 0 aromatic carbocycles. The predicted octanol–water partition coefficient (Wildman–Crippen LogP) is 19.5. The molecular formula is C63H126N2O6P+. The Bertz CT molecular complexity index is 1220. The van der Waals surface area contributed by atoms with Gasteiger partial charge in [0.1, 0.15) is 13.2 Å². The molecule has 0 radical (unpaired) electrons. The molecule has 3 N–H and O–H groups in total. The van der Waals surface area contributed by atoms with Crippen LogP contribution in [0.3, 0.4) is 0 Å². The number of likely N-dealkylation sites (N-methyl/N-ethyl adjacent to an activating group) is 1. The Morgan fingerprint density at radius 3 is 1.07 bits per heavy atom. The van der Waals surface area contributed by atoms with Gasteiger partial charge in [0.05, 0.1) is 39.9 Å². The molecule has 0 fully saturated rings. The summed E-state index contributed by atoms with van der Waals surface area (Å²) in [6.45, 7) is 4.87. The van der Waals surface area contributed by atoms with Gasteiger partial charge in [-0.2, -0.15) is 0 Å². The van der Waals surface area contributed by atoms with E-state index in [0.29, 0.717) is 17.4 Å². The number of quaternary nitrogens is 1. The van der Waals surface area contributed by atoms with Crippen LogP contribution in [0, 0.1) is 0 Å². The lowest BCUT2D eigenvalue weighted by Crippen LogP contribution is -2.45. The topological polar surface area (TPSA) is 105 Å². The Morgan fingerprint density at radius 1 is 0.458 bits per heavy atom. The SMILES string of the molecule is CCCCCCCCCC/C=C\CCCCCCCCCCCCCCCC(=O)NC(COP(=O)(O)OCC[N+](C)(C)C)C(O)/C=C/CCCCCCCCCCCCCCCCCCCCCCCCC. The number of phosphoric acid groups is 1. The van der Waals surface area contributed by atoms with Crippen molar-refractivity contribution in [3.05, 3.63) is 24.3 Å². The molecule has 0 spiro atoms. The molecule has 0 saturated carbocycles. The number of carbonyl (C=O) groups excluding carboxylic acids is 1. The first-order chi connectivity index (χ1) is 35.0. The lowest BCUT2D eigenvalue weighted by Gasteiger charge is -2.25. The summed E-state index contributed by atoms with van der Waals surface area (Å²) >= 11 is 0. The van der Waals surface area contributed by atoms with Gasteiger partial charge in [-0.3, -0.25) is 13.8 Å². The van der Waals surface area contributed by atoms with E-state index < -0.39 is 20.0 Å². The fourth-order valence-corrected chi connectivity index (χ4v) is 10.4. The summed E-state index contributed by atoms with van der Waals surface area (Å²) in [5, 5.41) is 14.0. The van der Waals surface area contributed by atoms with Crippen LogP contribution in [0.4, 0.5) is 0 Å². The van der Waals surface area contributed by atoms with Gasteiger partial charge < -0.3 is 19.8 Å². The van der Waals surface area contributed by atoms with E-state index in [1.165, 1.54) is 270 Å². The highest BCUT2D eigenvalue weighted by atomic mass is 31.2. The molecule has 0 aromatic heterocycles. The van der Waals surface area contributed by atoms with Crippen molar-refractivity contribution in [1.29, 1.82) is 0 Å². The number of aliphatic hydroxyl groups excluding tert-OH is 1. The van der Waals surface area contributed by atoms with Crippen molar-refractivity contribution in [3.8, 4) is 0 Å². The number of hydrogen-bond acceptors (Lipinski definition) is 5. The molecule has 8 nitrogen and oxygen atoms in total. The number of phosphoric ester groups is 1. The molecule has 0 rings (SSSR count). The number of hydrogen-bond donors (Lipinski definition) is 3. The molecule has 0 aliphatic heterocycles. The van der Waals surface area contributed by atoms with Gasteiger partial charge in [-0.1, -0.05) is 295 Å². The third kappa shape index (κ3) is 56.7. The molecular weight excluding hydrogens is 912 g/mol. The molecule has 0 aromatic rings. The van der Waals surface area contributed by atoms with Crippen molar-refractivity contribution in [2.75, 3.05) is 40.9 Å². The maximum atomic E-state index is 13.0. The number of nitrogens with one attached hydrogen (secondary N) is 1. The minimum absolute atomic E-state index is 0.0637. The van der Waals surface area contributed by atoms with E-state index in [1.807, 2.05) is 27.2 Å². The molecule has 72 heavy (non-hydrogen) atoms. The highest BCUT2D eigenvalue weighted by Crippen LogP contribution is 2.43. The molecule has 428 valence electrons. The Morgan fingerprint density at radius 2 is 0.750 bits per heavy atom. The second-order valence-corrected chi connectivity index (χ2v) is 24.6. The number of aliphatic hydroxyl groups is 1. The van der Waals surface area contributed by atoms with E-state index in [1.54, 1.807) is 6.08 Å². The lowest BCUT2D eigenvalue weighted by molar-refractivity contribution is -0.870. The lowest BCUT2D eigenvalue weighted by atomic mass is 10.0. The van der Waals surface area contributed by atoms with Gasteiger partial charge in [-0.25, -0.2) is 4.57 Å². The van der Waals surface area contributed by atoms with Crippen molar-refractivity contribution in [1.82, 2.24) is 5.32 Å². The maximum Gasteiger partial charge on any atom is 0.472 e. The summed E-state index contributed by atoms with van der Waals surface area (Å²) in [7, 11) is 1.59. The molecule has 0 saturated heterocycles. The second-order valence-electron chi connectivity index (χ2n) is 23.1. The average Bonchev–Trinajstić information content (AvgIpc) is 3.34. The van der Waals surface area contributed by atoms with Crippen LogP contribution in [-0.4, -0.2) is 73.4 Å². The van der Waals surface area contributed by atoms with Gasteiger partial charge in [0.2, 0.25) is 5.91 Å². The van der Waals surface area contributed by atoms with Crippen LogP contribution < -0.4 is 5.32 Å². The Balaban J connectivity index is 4.13.